The normalized spacial score (nSPS) is 23.0. The number of ketones is 2. The molecular formula is C36H42N4O11. The highest BCUT2D eigenvalue weighted by molar-refractivity contribution is 6.24. The van der Waals surface area contributed by atoms with E-state index in [1.165, 1.54) is 25.1 Å². The monoisotopic (exact) mass is 706 g/mol. The van der Waals surface area contributed by atoms with Crippen LogP contribution in [0.25, 0.3) is 5.76 Å². The van der Waals surface area contributed by atoms with E-state index in [1.807, 2.05) is 20.8 Å². The lowest BCUT2D eigenvalue weighted by atomic mass is 9.57. The fourth-order valence-corrected chi connectivity index (χ4v) is 7.26. The number of aliphatic hydroxyl groups excluding tert-OH is 2. The molecule has 51 heavy (non-hydrogen) atoms. The van der Waals surface area contributed by atoms with Crippen LogP contribution in [0.3, 0.4) is 0 Å². The zero-order valence-corrected chi connectivity index (χ0v) is 29.4. The number of Topliss-reactive ketones (excluding diaryl/α,β-unsaturated/α-hetero) is 2. The summed E-state index contributed by atoms with van der Waals surface area (Å²) in [6.07, 6.45) is -1.15. The first-order valence-corrected chi connectivity index (χ1v) is 16.1. The summed E-state index contributed by atoms with van der Waals surface area (Å²) in [4.78, 5) is 68.0. The zero-order valence-electron chi connectivity index (χ0n) is 29.4. The molecule has 272 valence electrons. The van der Waals surface area contributed by atoms with E-state index in [4.69, 9.17) is 15.2 Å². The second kappa shape index (κ2) is 13.0. The van der Waals surface area contributed by atoms with Crippen LogP contribution in [0.15, 0.2) is 47.2 Å². The third-order valence-electron chi connectivity index (χ3n) is 9.78. The van der Waals surface area contributed by atoms with Gasteiger partial charge in [0.2, 0.25) is 12.6 Å². The van der Waals surface area contributed by atoms with Crippen molar-refractivity contribution in [3.63, 3.8) is 0 Å². The lowest BCUT2D eigenvalue weighted by Gasteiger charge is -2.50. The number of benzene rings is 2. The van der Waals surface area contributed by atoms with Crippen molar-refractivity contribution in [2.75, 3.05) is 45.2 Å². The van der Waals surface area contributed by atoms with Crippen LogP contribution in [0.4, 0.5) is 16.2 Å². The lowest BCUT2D eigenvalue weighted by Crippen LogP contribution is -2.65. The molecule has 1 fully saturated rings. The van der Waals surface area contributed by atoms with Gasteiger partial charge in [-0.3, -0.25) is 24.6 Å². The van der Waals surface area contributed by atoms with Gasteiger partial charge in [0.05, 0.1) is 22.9 Å². The Hall–Kier alpha value is -5.41. The van der Waals surface area contributed by atoms with E-state index in [1.54, 1.807) is 43.3 Å². The maximum atomic E-state index is 14.2. The van der Waals surface area contributed by atoms with Crippen LogP contribution in [0.1, 0.15) is 54.2 Å². The molecule has 0 aliphatic heterocycles. The number of hydrogen-bond donors (Lipinski definition) is 6. The van der Waals surface area contributed by atoms with Gasteiger partial charge in [-0.25, -0.2) is 9.59 Å². The Labute approximate surface area is 293 Å². The zero-order chi connectivity index (χ0) is 37.9. The lowest BCUT2D eigenvalue weighted by molar-refractivity contribution is -0.153. The third kappa shape index (κ3) is 6.16. The first-order chi connectivity index (χ1) is 23.7. The Morgan fingerprint density at radius 3 is 2.20 bits per heavy atom. The number of carbonyl (C=O) groups is 5. The van der Waals surface area contributed by atoms with E-state index in [0.29, 0.717) is 11.3 Å². The summed E-state index contributed by atoms with van der Waals surface area (Å²) in [7, 11) is 6.40. The fraction of sp³-hybridized carbons (Fsp3) is 0.417. The van der Waals surface area contributed by atoms with E-state index in [-0.39, 0.29) is 40.6 Å². The largest absolute Gasteiger partial charge is 0.508 e. The first kappa shape index (κ1) is 36.9. The van der Waals surface area contributed by atoms with Crippen molar-refractivity contribution in [1.82, 2.24) is 4.90 Å². The van der Waals surface area contributed by atoms with Crippen molar-refractivity contribution in [3.8, 4) is 5.75 Å². The molecule has 15 heteroatoms. The summed E-state index contributed by atoms with van der Waals surface area (Å²) in [5.74, 6) is -8.65. The third-order valence-corrected chi connectivity index (χ3v) is 9.78. The molecule has 0 saturated heterocycles. The number of phenols is 1. The Morgan fingerprint density at radius 1 is 1.02 bits per heavy atom. The standard InChI is InChI=1S/C36H42N4O11/c1-35(2,3)18-10-8-16(9-11-18)33(47)50-15-51-34(48)38-21-14-22(39(4)5)19-12-17-13-20-26(40(6)7)29(43)25(32(37)46)31(45)36(20,49)30(44)23(17)28(42)24(19)27(21)41/h8-11,14,17,20,26,41-42,45,49H,12-13,15H2,1-7H3,(H2,37,46)(H,38,48)/t17-,20-,26-,36-/m0/s1. The smallest absolute Gasteiger partial charge is 0.414 e. The average Bonchev–Trinajstić information content (AvgIpc) is 3.03. The summed E-state index contributed by atoms with van der Waals surface area (Å²) in [6.45, 7) is 5.34. The van der Waals surface area contributed by atoms with Crippen molar-refractivity contribution >= 4 is 46.7 Å². The number of anilines is 2. The van der Waals surface area contributed by atoms with Gasteiger partial charge in [-0.05, 0) is 67.6 Å². The number of nitrogens with zero attached hydrogens (tertiary/aromatic N) is 2. The van der Waals surface area contributed by atoms with Gasteiger partial charge in [-0.2, -0.15) is 0 Å². The molecule has 4 atom stereocenters. The minimum atomic E-state index is -2.80. The van der Waals surface area contributed by atoms with Gasteiger partial charge in [0, 0.05) is 31.3 Å². The molecule has 0 bridgehead atoms. The molecule has 15 nitrogen and oxygen atoms in total. The topological polar surface area (TPSA) is 229 Å². The van der Waals surface area contributed by atoms with E-state index in [0.717, 1.165) is 5.56 Å². The number of primary amides is 1. The van der Waals surface area contributed by atoms with Crippen LogP contribution in [0.2, 0.25) is 0 Å². The number of esters is 1. The molecule has 0 unspecified atom stereocenters. The molecule has 2 amide bonds. The molecule has 7 N–H and O–H groups in total. The van der Waals surface area contributed by atoms with Crippen molar-refractivity contribution in [1.29, 1.82) is 0 Å². The average molecular weight is 707 g/mol. The van der Waals surface area contributed by atoms with Gasteiger partial charge in [0.15, 0.2) is 17.1 Å². The van der Waals surface area contributed by atoms with Crippen LogP contribution >= 0.6 is 0 Å². The fourth-order valence-electron chi connectivity index (χ4n) is 7.26. The summed E-state index contributed by atoms with van der Waals surface area (Å²) in [5, 5.41) is 48.3. The number of likely N-dealkylation sites (N-methyl/N-ethyl adjacent to an activating group) is 1. The number of hydrogen-bond acceptors (Lipinski definition) is 13. The number of amides is 2. The Kier molecular flexibility index (Phi) is 9.43. The van der Waals surface area contributed by atoms with Gasteiger partial charge >= 0.3 is 12.1 Å². The molecular weight excluding hydrogens is 664 g/mol. The maximum Gasteiger partial charge on any atom is 0.414 e. The van der Waals surface area contributed by atoms with Crippen LogP contribution in [0, 0.1) is 11.8 Å². The van der Waals surface area contributed by atoms with Crippen LogP contribution in [-0.2, 0) is 35.7 Å². The predicted molar refractivity (Wildman–Crippen MR) is 184 cm³/mol. The highest BCUT2D eigenvalue weighted by Gasteiger charge is 2.64. The number of ether oxygens (including phenoxy) is 2. The molecule has 0 heterocycles. The highest BCUT2D eigenvalue weighted by Crippen LogP contribution is 2.54. The van der Waals surface area contributed by atoms with E-state index < -0.39 is 82.6 Å². The summed E-state index contributed by atoms with van der Waals surface area (Å²) in [6, 6.07) is 7.01. The van der Waals surface area contributed by atoms with Gasteiger partial charge in [-0.1, -0.05) is 32.9 Å². The number of aliphatic hydroxyl groups is 3. The SMILES string of the molecule is CN(C)c1cc(NC(=O)OCOC(=O)c2ccc(C(C)(C)C)cc2)c(O)c2c1C[C@H]1C[C@H]3[C@H](N(C)C)C(=O)C(C(N)=O)=C(O)[C@@]3(O)C(=O)C1=C2O. The first-order valence-electron chi connectivity index (χ1n) is 16.1. The summed E-state index contributed by atoms with van der Waals surface area (Å²) >= 11 is 0. The molecule has 2 aromatic carbocycles. The molecule has 3 aliphatic carbocycles. The quantitative estimate of drug-likeness (QED) is 0.105. The van der Waals surface area contributed by atoms with Gasteiger partial charge in [0.25, 0.3) is 5.91 Å². The summed E-state index contributed by atoms with van der Waals surface area (Å²) < 4.78 is 10.1. The minimum Gasteiger partial charge on any atom is -0.508 e. The second-order valence-corrected chi connectivity index (χ2v) is 14.4. The highest BCUT2D eigenvalue weighted by atomic mass is 16.7. The molecule has 0 radical (unpaired) electrons. The van der Waals surface area contributed by atoms with Crippen LogP contribution in [-0.4, -0.2) is 101 Å². The van der Waals surface area contributed by atoms with Crippen molar-refractivity contribution in [2.45, 2.75) is 50.7 Å². The van der Waals surface area contributed by atoms with Crippen molar-refractivity contribution < 1.29 is 53.9 Å². The van der Waals surface area contributed by atoms with Crippen molar-refractivity contribution in [3.05, 3.63) is 69.5 Å². The molecule has 3 aliphatic rings. The molecule has 0 aromatic heterocycles. The molecule has 0 spiro atoms. The predicted octanol–water partition coefficient (Wildman–Crippen LogP) is 2.69. The van der Waals surface area contributed by atoms with E-state index in [2.05, 4.69) is 5.32 Å². The number of carbonyl (C=O) groups excluding carboxylic acids is 5. The Balaban J connectivity index is 1.44. The molecule has 2 aromatic rings. The van der Waals surface area contributed by atoms with Crippen LogP contribution < -0.4 is 16.0 Å². The van der Waals surface area contributed by atoms with Gasteiger partial charge in [0.1, 0.15) is 17.1 Å². The number of nitrogens with one attached hydrogen (secondary N) is 1. The molecule has 1 saturated carbocycles. The Morgan fingerprint density at radius 2 is 1.65 bits per heavy atom. The molecule has 5 rings (SSSR count). The minimum absolute atomic E-state index is 0.0486. The van der Waals surface area contributed by atoms with Crippen LogP contribution in [0.5, 0.6) is 5.75 Å². The number of aromatic hydroxyl groups is 1. The van der Waals surface area contributed by atoms with E-state index in [9.17, 15) is 44.4 Å². The number of fused-ring (bicyclic) bond motifs is 3. The van der Waals surface area contributed by atoms with E-state index >= 15 is 0 Å². The van der Waals surface area contributed by atoms with Gasteiger partial charge in [-0.15, -0.1) is 0 Å². The number of rotatable bonds is 7. The Bertz CT molecular complexity index is 1910. The maximum absolute atomic E-state index is 14.2. The van der Waals surface area contributed by atoms with Gasteiger partial charge < -0.3 is 40.5 Å². The number of nitrogens with two attached hydrogens (primary N) is 1. The second-order valence-electron chi connectivity index (χ2n) is 14.4. The summed E-state index contributed by atoms with van der Waals surface area (Å²) in [5.41, 5.74) is 2.85. The number of phenolic OH excluding ortho intramolecular Hbond substituents is 1. The van der Waals surface area contributed by atoms with Crippen molar-refractivity contribution in [2.24, 2.45) is 17.6 Å².